The first-order chi connectivity index (χ1) is 10.8. The van der Waals surface area contributed by atoms with Crippen molar-refractivity contribution in [1.29, 1.82) is 0 Å². The van der Waals surface area contributed by atoms with Crippen molar-refractivity contribution in [3.8, 4) is 0 Å². The molecule has 3 aromatic rings. The molecule has 0 atom stereocenters. The van der Waals surface area contributed by atoms with E-state index in [0.29, 0.717) is 10.8 Å². The lowest BCUT2D eigenvalue weighted by atomic mass is 9.92. The molecule has 0 saturated carbocycles. The number of benzene rings is 2. The maximum Gasteiger partial charge on any atom is 0.338 e. The summed E-state index contributed by atoms with van der Waals surface area (Å²) in [5, 5.41) is 1.00. The third-order valence-corrected chi connectivity index (χ3v) is 4.95. The molecule has 118 valence electrons. The lowest BCUT2D eigenvalue weighted by Crippen LogP contribution is -2.29. The number of ether oxygens (including phenoxy) is 1. The number of methoxy groups -OCH3 is 1. The fraction of sp³-hybridized carbons (Fsp3) is 0.222. The zero-order chi connectivity index (χ0) is 16.8. The monoisotopic (exact) mass is 327 g/mol. The molecule has 0 spiro atoms. The molecule has 2 aromatic carbocycles. The quantitative estimate of drug-likeness (QED) is 0.578. The van der Waals surface area contributed by atoms with Crippen molar-refractivity contribution >= 4 is 37.5 Å². The summed E-state index contributed by atoms with van der Waals surface area (Å²) in [5.74, 6) is -0.527. The van der Waals surface area contributed by atoms with Gasteiger partial charge in [-0.15, -0.1) is 11.3 Å². The highest BCUT2D eigenvalue weighted by Crippen LogP contribution is 2.31. The van der Waals surface area contributed by atoms with Crippen LogP contribution < -0.4 is 11.2 Å². The number of fused-ring (bicyclic) bond motifs is 2. The van der Waals surface area contributed by atoms with Crippen molar-refractivity contribution < 1.29 is 9.53 Å². The lowest BCUT2D eigenvalue weighted by Gasteiger charge is -2.20. The maximum absolute atomic E-state index is 12.9. The number of hydrogen-bond donors (Lipinski definition) is 1. The standard InChI is InChI=1S/C18H17NO3S/c1-18(2,19)10-8-12(17(21)22-3)15-14(9-10)23-13-7-5-4-6-11(13)16(15)20/h4-9H,19H2,1-3H3. The van der Waals surface area contributed by atoms with E-state index < -0.39 is 11.5 Å². The highest BCUT2D eigenvalue weighted by Gasteiger charge is 2.22. The topological polar surface area (TPSA) is 69.4 Å². The molecule has 1 aromatic heterocycles. The fourth-order valence-electron chi connectivity index (χ4n) is 2.57. The van der Waals surface area contributed by atoms with Crippen LogP contribution in [0.2, 0.25) is 0 Å². The summed E-state index contributed by atoms with van der Waals surface area (Å²) in [6.07, 6.45) is 0. The van der Waals surface area contributed by atoms with Gasteiger partial charge in [0, 0.05) is 20.3 Å². The van der Waals surface area contributed by atoms with Gasteiger partial charge >= 0.3 is 5.97 Å². The highest BCUT2D eigenvalue weighted by molar-refractivity contribution is 7.24. The van der Waals surface area contributed by atoms with E-state index in [-0.39, 0.29) is 11.0 Å². The first-order valence-corrected chi connectivity index (χ1v) is 8.02. The Hall–Kier alpha value is -2.24. The van der Waals surface area contributed by atoms with Crippen LogP contribution in [0.15, 0.2) is 41.2 Å². The van der Waals surface area contributed by atoms with E-state index in [0.717, 1.165) is 15.0 Å². The molecule has 0 radical (unpaired) electrons. The molecule has 23 heavy (non-hydrogen) atoms. The average molecular weight is 327 g/mol. The summed E-state index contributed by atoms with van der Waals surface area (Å²) in [4.78, 5) is 25.1. The minimum absolute atomic E-state index is 0.156. The SMILES string of the molecule is COC(=O)c1cc(C(C)(C)N)cc2sc3ccccc3c(=O)c12. The summed E-state index contributed by atoms with van der Waals surface area (Å²) in [5.41, 5.74) is 6.46. The van der Waals surface area contributed by atoms with Gasteiger partial charge in [-0.2, -0.15) is 0 Å². The van der Waals surface area contributed by atoms with Crippen LogP contribution in [0.3, 0.4) is 0 Å². The lowest BCUT2D eigenvalue weighted by molar-refractivity contribution is 0.0603. The maximum atomic E-state index is 12.9. The molecule has 5 heteroatoms. The van der Waals surface area contributed by atoms with Gasteiger partial charge in [-0.1, -0.05) is 12.1 Å². The minimum Gasteiger partial charge on any atom is -0.465 e. The molecule has 4 nitrogen and oxygen atoms in total. The van der Waals surface area contributed by atoms with Gasteiger partial charge < -0.3 is 10.5 Å². The number of carbonyl (C=O) groups is 1. The predicted octanol–water partition coefficient (Wildman–Crippen LogP) is 3.40. The predicted molar refractivity (Wildman–Crippen MR) is 94.2 cm³/mol. The Morgan fingerprint density at radius 3 is 2.52 bits per heavy atom. The Morgan fingerprint density at radius 2 is 1.87 bits per heavy atom. The van der Waals surface area contributed by atoms with Crippen molar-refractivity contribution in [2.45, 2.75) is 19.4 Å². The zero-order valence-electron chi connectivity index (χ0n) is 13.2. The molecule has 0 aliphatic carbocycles. The second-order valence-electron chi connectivity index (χ2n) is 6.04. The molecule has 0 aliphatic heterocycles. The summed E-state index contributed by atoms with van der Waals surface area (Å²) >= 11 is 1.47. The smallest absolute Gasteiger partial charge is 0.338 e. The molecule has 0 fully saturated rings. The van der Waals surface area contributed by atoms with Crippen molar-refractivity contribution in [2.75, 3.05) is 7.11 Å². The Kier molecular flexibility index (Phi) is 3.70. The van der Waals surface area contributed by atoms with Crippen LogP contribution in [-0.2, 0) is 10.3 Å². The van der Waals surface area contributed by atoms with Crippen LogP contribution in [0, 0.1) is 0 Å². The number of esters is 1. The van der Waals surface area contributed by atoms with Crippen molar-refractivity contribution in [2.24, 2.45) is 5.73 Å². The summed E-state index contributed by atoms with van der Waals surface area (Å²) < 4.78 is 6.49. The molecular weight excluding hydrogens is 310 g/mol. The molecular formula is C18H17NO3S. The van der Waals surface area contributed by atoms with E-state index in [9.17, 15) is 9.59 Å². The van der Waals surface area contributed by atoms with Crippen molar-refractivity contribution in [1.82, 2.24) is 0 Å². The third-order valence-electron chi connectivity index (χ3n) is 3.83. The van der Waals surface area contributed by atoms with Gasteiger partial charge in [-0.05, 0) is 43.7 Å². The van der Waals surface area contributed by atoms with Gasteiger partial charge in [0.25, 0.3) is 0 Å². The molecule has 0 amide bonds. The Labute approximate surface area is 137 Å². The van der Waals surface area contributed by atoms with E-state index in [1.165, 1.54) is 18.4 Å². The second-order valence-corrected chi connectivity index (χ2v) is 7.12. The summed E-state index contributed by atoms with van der Waals surface area (Å²) in [6.45, 7) is 3.72. The van der Waals surface area contributed by atoms with E-state index in [1.54, 1.807) is 12.1 Å². The Bertz CT molecular complexity index is 983. The first-order valence-electron chi connectivity index (χ1n) is 7.20. The molecule has 3 rings (SSSR count). The van der Waals surface area contributed by atoms with Crippen LogP contribution in [-0.4, -0.2) is 13.1 Å². The Balaban J connectivity index is 2.52. The van der Waals surface area contributed by atoms with E-state index in [4.69, 9.17) is 10.5 Å². The van der Waals surface area contributed by atoms with Crippen LogP contribution in [0.25, 0.3) is 20.2 Å². The summed E-state index contributed by atoms with van der Waals surface area (Å²) in [7, 11) is 1.31. The number of carbonyl (C=O) groups excluding carboxylic acids is 1. The zero-order valence-corrected chi connectivity index (χ0v) is 14.0. The van der Waals surface area contributed by atoms with Gasteiger partial charge in [0.05, 0.1) is 18.1 Å². The fourth-order valence-corrected chi connectivity index (χ4v) is 3.71. The molecule has 0 aliphatic rings. The van der Waals surface area contributed by atoms with E-state index >= 15 is 0 Å². The first kappa shape index (κ1) is 15.6. The number of nitrogens with two attached hydrogens (primary N) is 1. The van der Waals surface area contributed by atoms with E-state index in [1.807, 2.05) is 38.1 Å². The third kappa shape index (κ3) is 2.62. The van der Waals surface area contributed by atoms with Crippen molar-refractivity contribution in [3.63, 3.8) is 0 Å². The largest absolute Gasteiger partial charge is 0.465 e. The van der Waals surface area contributed by atoms with Gasteiger partial charge in [-0.3, -0.25) is 4.79 Å². The van der Waals surface area contributed by atoms with Gasteiger partial charge in [-0.25, -0.2) is 4.79 Å². The molecule has 2 N–H and O–H groups in total. The second kappa shape index (κ2) is 5.44. The molecule has 0 saturated heterocycles. The van der Waals surface area contributed by atoms with Gasteiger partial charge in [0.1, 0.15) is 0 Å². The highest BCUT2D eigenvalue weighted by atomic mass is 32.1. The number of hydrogen-bond acceptors (Lipinski definition) is 5. The number of rotatable bonds is 2. The molecule has 1 heterocycles. The normalized spacial score (nSPS) is 11.8. The Morgan fingerprint density at radius 1 is 1.17 bits per heavy atom. The average Bonchev–Trinajstić information content (AvgIpc) is 2.52. The van der Waals surface area contributed by atoms with Gasteiger partial charge in [0.2, 0.25) is 0 Å². The molecule has 0 bridgehead atoms. The van der Waals surface area contributed by atoms with Crippen LogP contribution in [0.4, 0.5) is 0 Å². The van der Waals surface area contributed by atoms with Crippen molar-refractivity contribution in [3.05, 3.63) is 57.7 Å². The minimum atomic E-state index is -0.627. The van der Waals surface area contributed by atoms with Crippen LogP contribution in [0.5, 0.6) is 0 Å². The van der Waals surface area contributed by atoms with Gasteiger partial charge in [0.15, 0.2) is 5.43 Å². The van der Waals surface area contributed by atoms with Crippen LogP contribution >= 0.6 is 11.3 Å². The van der Waals surface area contributed by atoms with Crippen LogP contribution in [0.1, 0.15) is 29.8 Å². The van der Waals surface area contributed by atoms with E-state index in [2.05, 4.69) is 0 Å². The summed E-state index contributed by atoms with van der Waals surface area (Å²) in [6, 6.07) is 10.9. The molecule has 0 unspecified atom stereocenters.